The fourth-order valence-electron chi connectivity index (χ4n) is 1.36. The number of nitrogens with zero attached hydrogens (tertiary/aromatic N) is 1. The van der Waals surface area contributed by atoms with E-state index in [1.165, 1.54) is 12.2 Å². The van der Waals surface area contributed by atoms with Gasteiger partial charge in [-0.15, -0.1) is 0 Å². The van der Waals surface area contributed by atoms with Crippen LogP contribution in [-0.4, -0.2) is 60.6 Å². The van der Waals surface area contributed by atoms with Gasteiger partial charge in [0.05, 0.1) is 26.4 Å². The van der Waals surface area contributed by atoms with Gasteiger partial charge in [0.15, 0.2) is 0 Å². The van der Waals surface area contributed by atoms with Gasteiger partial charge in [0.25, 0.3) is 11.8 Å². The minimum absolute atomic E-state index is 0.0984. The summed E-state index contributed by atoms with van der Waals surface area (Å²) in [5.74, 6) is -0.896. The van der Waals surface area contributed by atoms with Crippen LogP contribution in [0, 0.1) is 0 Å². The summed E-state index contributed by atoms with van der Waals surface area (Å²) in [7, 11) is 0. The molecule has 7 nitrogen and oxygen atoms in total. The molecule has 1 aliphatic rings. The Kier molecular flexibility index (Phi) is 6.03. The first kappa shape index (κ1) is 14.3. The second-order valence-corrected chi connectivity index (χ2v) is 3.60. The third-order valence-electron chi connectivity index (χ3n) is 2.27. The number of carbonyl (C=O) groups excluding carboxylic acids is 3. The minimum Gasteiger partial charge on any atom is -0.395 e. The number of hydrogen-bond donors (Lipinski definition) is 2. The van der Waals surface area contributed by atoms with Crippen molar-refractivity contribution in [3.8, 4) is 0 Å². The lowest BCUT2D eigenvalue weighted by Gasteiger charge is -2.13. The van der Waals surface area contributed by atoms with E-state index in [0.29, 0.717) is 0 Å². The lowest BCUT2D eigenvalue weighted by molar-refractivity contribution is -0.138. The van der Waals surface area contributed by atoms with Crippen LogP contribution < -0.4 is 5.32 Å². The predicted molar refractivity (Wildman–Crippen MR) is 61.4 cm³/mol. The molecule has 0 unspecified atom stereocenters. The van der Waals surface area contributed by atoms with Crippen molar-refractivity contribution < 1.29 is 24.2 Å². The number of imide groups is 1. The molecule has 0 fully saturated rings. The van der Waals surface area contributed by atoms with Gasteiger partial charge in [-0.1, -0.05) is 0 Å². The fraction of sp³-hybridized carbons (Fsp3) is 0.545. The zero-order valence-electron chi connectivity index (χ0n) is 9.92. The van der Waals surface area contributed by atoms with Crippen LogP contribution in [0.4, 0.5) is 0 Å². The average Bonchev–Trinajstić information content (AvgIpc) is 2.67. The Hall–Kier alpha value is -1.73. The molecule has 0 saturated carbocycles. The molecule has 0 aliphatic carbocycles. The molecule has 0 aromatic carbocycles. The SMILES string of the molecule is O=C(CCOCCN1C(=O)C=CC1=O)NCCO. The summed E-state index contributed by atoms with van der Waals surface area (Å²) >= 11 is 0. The molecule has 1 heterocycles. The molecule has 0 aromatic heterocycles. The zero-order valence-corrected chi connectivity index (χ0v) is 9.92. The molecule has 1 rings (SSSR count). The van der Waals surface area contributed by atoms with Crippen LogP contribution in [0.2, 0.25) is 0 Å². The van der Waals surface area contributed by atoms with Crippen molar-refractivity contribution in [3.63, 3.8) is 0 Å². The Bertz CT molecular complexity index is 335. The molecule has 0 atom stereocenters. The van der Waals surface area contributed by atoms with Crippen LogP contribution in [0.3, 0.4) is 0 Å². The average molecular weight is 256 g/mol. The highest BCUT2D eigenvalue weighted by Crippen LogP contribution is 2.02. The van der Waals surface area contributed by atoms with Gasteiger partial charge < -0.3 is 15.2 Å². The van der Waals surface area contributed by atoms with E-state index < -0.39 is 0 Å². The summed E-state index contributed by atoms with van der Waals surface area (Å²) in [6, 6.07) is 0. The molecule has 3 amide bonds. The molecule has 2 N–H and O–H groups in total. The van der Waals surface area contributed by atoms with Crippen molar-refractivity contribution in [2.75, 3.05) is 32.9 Å². The maximum Gasteiger partial charge on any atom is 0.253 e. The van der Waals surface area contributed by atoms with Gasteiger partial charge >= 0.3 is 0 Å². The molecule has 1 aliphatic heterocycles. The van der Waals surface area contributed by atoms with E-state index >= 15 is 0 Å². The summed E-state index contributed by atoms with van der Waals surface area (Å²) in [5.41, 5.74) is 0. The van der Waals surface area contributed by atoms with Crippen molar-refractivity contribution in [1.82, 2.24) is 10.2 Å². The van der Waals surface area contributed by atoms with E-state index in [-0.39, 0.29) is 57.1 Å². The van der Waals surface area contributed by atoms with Crippen LogP contribution in [-0.2, 0) is 19.1 Å². The number of aliphatic hydroxyl groups is 1. The number of carbonyl (C=O) groups is 3. The Balaban J connectivity index is 2.04. The second kappa shape index (κ2) is 7.57. The van der Waals surface area contributed by atoms with E-state index in [1.807, 2.05) is 0 Å². The van der Waals surface area contributed by atoms with Crippen molar-refractivity contribution in [2.24, 2.45) is 0 Å². The highest BCUT2D eigenvalue weighted by Gasteiger charge is 2.22. The van der Waals surface area contributed by atoms with E-state index in [2.05, 4.69) is 5.32 Å². The number of ether oxygens (including phenoxy) is 1. The van der Waals surface area contributed by atoms with Crippen molar-refractivity contribution in [3.05, 3.63) is 12.2 Å². The number of aliphatic hydroxyl groups excluding tert-OH is 1. The molecule has 7 heteroatoms. The van der Waals surface area contributed by atoms with Crippen molar-refractivity contribution in [1.29, 1.82) is 0 Å². The first-order valence-electron chi connectivity index (χ1n) is 5.64. The van der Waals surface area contributed by atoms with Gasteiger partial charge in [-0.2, -0.15) is 0 Å². The number of nitrogens with one attached hydrogen (secondary N) is 1. The zero-order chi connectivity index (χ0) is 13.4. The lowest BCUT2D eigenvalue weighted by Crippen LogP contribution is -2.33. The fourth-order valence-corrected chi connectivity index (χ4v) is 1.36. The van der Waals surface area contributed by atoms with Crippen LogP contribution in [0.15, 0.2) is 12.2 Å². The van der Waals surface area contributed by atoms with Crippen molar-refractivity contribution in [2.45, 2.75) is 6.42 Å². The Morgan fingerprint density at radius 3 is 2.56 bits per heavy atom. The number of rotatable bonds is 8. The molecule has 0 spiro atoms. The summed E-state index contributed by atoms with van der Waals surface area (Å²) < 4.78 is 5.15. The standard InChI is InChI=1S/C11H16N2O5/c14-6-4-12-9(15)3-7-18-8-5-13-10(16)1-2-11(13)17/h1-2,14H,3-8H2,(H,12,15). The molecule has 0 aromatic rings. The van der Waals surface area contributed by atoms with Crippen LogP contribution >= 0.6 is 0 Å². The largest absolute Gasteiger partial charge is 0.395 e. The first-order valence-corrected chi connectivity index (χ1v) is 5.64. The summed E-state index contributed by atoms with van der Waals surface area (Å²) in [5, 5.41) is 11.0. The van der Waals surface area contributed by atoms with Crippen molar-refractivity contribution >= 4 is 17.7 Å². The quantitative estimate of drug-likeness (QED) is 0.404. The molecule has 0 bridgehead atoms. The molecular formula is C11H16N2O5. The van der Waals surface area contributed by atoms with E-state index in [4.69, 9.17) is 9.84 Å². The van der Waals surface area contributed by atoms with Gasteiger partial charge in [0.1, 0.15) is 0 Å². The molecule has 18 heavy (non-hydrogen) atoms. The predicted octanol–water partition coefficient (Wildman–Crippen LogP) is -1.57. The van der Waals surface area contributed by atoms with Gasteiger partial charge in [-0.25, -0.2) is 0 Å². The Labute approximate surface area is 104 Å². The number of amides is 3. The topological polar surface area (TPSA) is 95.9 Å². The monoisotopic (exact) mass is 256 g/mol. The highest BCUT2D eigenvalue weighted by atomic mass is 16.5. The molecular weight excluding hydrogens is 240 g/mol. The molecule has 100 valence electrons. The molecule has 0 saturated heterocycles. The maximum absolute atomic E-state index is 11.1. The second-order valence-electron chi connectivity index (χ2n) is 3.60. The minimum atomic E-state index is -0.343. The summed E-state index contributed by atoms with van der Waals surface area (Å²) in [6.07, 6.45) is 2.61. The molecule has 0 radical (unpaired) electrons. The van der Waals surface area contributed by atoms with E-state index in [0.717, 1.165) is 4.90 Å². The normalized spacial score (nSPS) is 14.4. The van der Waals surface area contributed by atoms with Gasteiger partial charge in [-0.05, 0) is 0 Å². The van der Waals surface area contributed by atoms with Gasteiger partial charge in [0.2, 0.25) is 5.91 Å². The van der Waals surface area contributed by atoms with E-state index in [9.17, 15) is 14.4 Å². The Morgan fingerprint density at radius 1 is 1.28 bits per heavy atom. The van der Waals surface area contributed by atoms with E-state index in [1.54, 1.807) is 0 Å². The highest BCUT2D eigenvalue weighted by molar-refractivity contribution is 6.12. The maximum atomic E-state index is 11.1. The van der Waals surface area contributed by atoms with Gasteiger partial charge in [-0.3, -0.25) is 19.3 Å². The Morgan fingerprint density at radius 2 is 1.94 bits per heavy atom. The van der Waals surface area contributed by atoms with Gasteiger partial charge in [0, 0.05) is 25.1 Å². The third kappa shape index (κ3) is 4.64. The van der Waals surface area contributed by atoms with Crippen LogP contribution in [0.5, 0.6) is 0 Å². The smallest absolute Gasteiger partial charge is 0.253 e. The summed E-state index contributed by atoms with van der Waals surface area (Å²) in [4.78, 5) is 34.5. The van der Waals surface area contributed by atoms with Crippen LogP contribution in [0.1, 0.15) is 6.42 Å². The first-order chi connectivity index (χ1) is 8.65. The third-order valence-corrected chi connectivity index (χ3v) is 2.27. The number of hydrogen-bond acceptors (Lipinski definition) is 5. The van der Waals surface area contributed by atoms with Crippen LogP contribution in [0.25, 0.3) is 0 Å². The lowest BCUT2D eigenvalue weighted by atomic mass is 10.4. The summed E-state index contributed by atoms with van der Waals surface area (Å²) in [6.45, 7) is 0.719.